The van der Waals surface area contributed by atoms with Crippen molar-refractivity contribution in [2.45, 2.75) is 18.3 Å². The molecule has 2 rings (SSSR count). The van der Waals surface area contributed by atoms with E-state index in [0.29, 0.717) is 11.4 Å². The first kappa shape index (κ1) is 14.6. The van der Waals surface area contributed by atoms with Crippen molar-refractivity contribution < 1.29 is 8.78 Å². The average Bonchev–Trinajstić information content (AvgIpc) is 2.40. The summed E-state index contributed by atoms with van der Waals surface area (Å²) in [6.45, 7) is 2.56. The Bertz CT molecular complexity index is 444. The normalized spacial score (nSPS) is 22.1. The van der Waals surface area contributed by atoms with Gasteiger partial charge in [-0.25, -0.2) is 18.7 Å². The maximum absolute atomic E-state index is 13.0. The molecule has 0 bridgehead atoms. The lowest BCUT2D eigenvalue weighted by atomic mass is 10.1. The zero-order chi connectivity index (χ0) is 14.0. The molecule has 4 nitrogen and oxygen atoms in total. The van der Waals surface area contributed by atoms with Crippen LogP contribution in [0.15, 0.2) is 6.20 Å². The lowest BCUT2D eigenvalue weighted by molar-refractivity contribution is 0.107. The van der Waals surface area contributed by atoms with Crippen molar-refractivity contribution in [2.24, 2.45) is 0 Å². The van der Waals surface area contributed by atoms with Crippen LogP contribution in [0.25, 0.3) is 0 Å². The van der Waals surface area contributed by atoms with Gasteiger partial charge < -0.3 is 4.90 Å². The molecular formula is C12H17ClF2N4. The van der Waals surface area contributed by atoms with Crippen molar-refractivity contribution in [3.8, 4) is 0 Å². The molecule has 1 aromatic heterocycles. The Kier molecular flexibility index (Phi) is 4.65. The van der Waals surface area contributed by atoms with Gasteiger partial charge in [0.15, 0.2) is 0 Å². The molecule has 1 aliphatic rings. The molecule has 2 heterocycles. The molecule has 1 fully saturated rings. The first-order chi connectivity index (χ1) is 9.02. The third-order valence-electron chi connectivity index (χ3n) is 3.42. The number of aromatic nitrogens is 2. The van der Waals surface area contributed by atoms with Gasteiger partial charge in [-0.05, 0) is 14.1 Å². The van der Waals surface area contributed by atoms with Crippen LogP contribution in [0.3, 0.4) is 0 Å². The number of hydrogen-bond acceptors (Lipinski definition) is 4. The van der Waals surface area contributed by atoms with E-state index >= 15 is 0 Å². The summed E-state index contributed by atoms with van der Waals surface area (Å²) in [5.41, 5.74) is 0.0499. The predicted octanol–water partition coefficient (Wildman–Crippen LogP) is 2.07. The molecule has 1 atom stereocenters. The Hall–Kier alpha value is -0.850. The molecule has 0 saturated carbocycles. The molecule has 0 radical (unpaired) electrons. The molecule has 19 heavy (non-hydrogen) atoms. The molecular weight excluding hydrogens is 274 g/mol. The van der Waals surface area contributed by atoms with Crippen molar-refractivity contribution in [3.63, 3.8) is 0 Å². The molecule has 106 valence electrons. The molecule has 0 aromatic carbocycles. The second-order valence-corrected chi connectivity index (χ2v) is 5.10. The molecule has 0 spiro atoms. The SMILES string of the molecule is CN1CCN(C)C(c2ncc(CCl)c(C(F)F)n2)C1. The molecule has 0 amide bonds. The van der Waals surface area contributed by atoms with Crippen molar-refractivity contribution in [2.75, 3.05) is 33.7 Å². The van der Waals surface area contributed by atoms with Crippen LogP contribution >= 0.6 is 11.6 Å². The predicted molar refractivity (Wildman–Crippen MR) is 69.4 cm³/mol. The quantitative estimate of drug-likeness (QED) is 0.798. The fourth-order valence-electron chi connectivity index (χ4n) is 2.18. The highest BCUT2D eigenvalue weighted by atomic mass is 35.5. The highest BCUT2D eigenvalue weighted by molar-refractivity contribution is 6.17. The van der Waals surface area contributed by atoms with Gasteiger partial charge in [-0.2, -0.15) is 0 Å². The summed E-state index contributed by atoms with van der Waals surface area (Å²) < 4.78 is 25.9. The minimum Gasteiger partial charge on any atom is -0.303 e. The topological polar surface area (TPSA) is 32.3 Å². The molecule has 1 unspecified atom stereocenters. The van der Waals surface area contributed by atoms with Gasteiger partial charge in [0, 0.05) is 31.4 Å². The number of halogens is 3. The minimum atomic E-state index is -2.62. The smallest absolute Gasteiger partial charge is 0.280 e. The van der Waals surface area contributed by atoms with Crippen molar-refractivity contribution in [1.82, 2.24) is 19.8 Å². The molecule has 1 aliphatic heterocycles. The summed E-state index contributed by atoms with van der Waals surface area (Å²) in [7, 11) is 3.96. The number of hydrogen-bond donors (Lipinski definition) is 0. The van der Waals surface area contributed by atoms with Gasteiger partial charge in [-0.1, -0.05) is 0 Å². The first-order valence-electron chi connectivity index (χ1n) is 6.11. The zero-order valence-electron chi connectivity index (χ0n) is 11.0. The van der Waals surface area contributed by atoms with Gasteiger partial charge in [0.1, 0.15) is 11.5 Å². The van der Waals surface area contributed by atoms with E-state index in [1.807, 2.05) is 14.1 Å². The Morgan fingerprint density at radius 2 is 2.16 bits per heavy atom. The van der Waals surface area contributed by atoms with Crippen molar-refractivity contribution in [1.29, 1.82) is 0 Å². The number of nitrogens with zero attached hydrogens (tertiary/aromatic N) is 4. The van der Waals surface area contributed by atoms with Gasteiger partial charge >= 0.3 is 0 Å². The third kappa shape index (κ3) is 3.19. The summed E-state index contributed by atoms with van der Waals surface area (Å²) >= 11 is 5.63. The van der Waals surface area contributed by atoms with Crippen LogP contribution in [0.2, 0.25) is 0 Å². The maximum atomic E-state index is 13.0. The lowest BCUT2D eigenvalue weighted by Crippen LogP contribution is -2.45. The van der Waals surface area contributed by atoms with Gasteiger partial charge in [0.05, 0.1) is 11.9 Å². The number of piperazine rings is 1. The highest BCUT2D eigenvalue weighted by Crippen LogP contribution is 2.26. The second-order valence-electron chi connectivity index (χ2n) is 4.83. The van der Waals surface area contributed by atoms with Gasteiger partial charge in [0.2, 0.25) is 0 Å². The van der Waals surface area contributed by atoms with E-state index in [0.717, 1.165) is 19.6 Å². The Morgan fingerprint density at radius 3 is 2.79 bits per heavy atom. The van der Waals surface area contributed by atoms with Crippen LogP contribution in [-0.2, 0) is 5.88 Å². The highest BCUT2D eigenvalue weighted by Gasteiger charge is 2.27. The van der Waals surface area contributed by atoms with E-state index in [-0.39, 0.29) is 17.6 Å². The fraction of sp³-hybridized carbons (Fsp3) is 0.667. The largest absolute Gasteiger partial charge is 0.303 e. The van der Waals surface area contributed by atoms with Crippen LogP contribution in [-0.4, -0.2) is 53.5 Å². The Balaban J connectivity index is 2.31. The number of likely N-dealkylation sites (N-methyl/N-ethyl adjacent to an activating group) is 2. The number of alkyl halides is 3. The second kappa shape index (κ2) is 6.07. The number of rotatable bonds is 3. The van der Waals surface area contributed by atoms with E-state index in [9.17, 15) is 8.78 Å². The maximum Gasteiger partial charge on any atom is 0.280 e. The van der Waals surface area contributed by atoms with Gasteiger partial charge in [0.25, 0.3) is 6.43 Å². The van der Waals surface area contributed by atoms with Crippen molar-refractivity contribution in [3.05, 3.63) is 23.3 Å². The van der Waals surface area contributed by atoms with Crippen LogP contribution in [0.1, 0.15) is 29.5 Å². The van der Waals surface area contributed by atoms with Gasteiger partial charge in [-0.3, -0.25) is 4.90 Å². The van der Waals surface area contributed by atoms with E-state index in [2.05, 4.69) is 19.8 Å². The van der Waals surface area contributed by atoms with E-state index in [1.54, 1.807) is 0 Å². The Morgan fingerprint density at radius 1 is 1.42 bits per heavy atom. The zero-order valence-corrected chi connectivity index (χ0v) is 11.7. The standard InChI is InChI=1S/C12H17ClF2N4/c1-18-3-4-19(2)9(7-18)12-16-6-8(5-13)10(17-12)11(14)15/h6,9,11H,3-5,7H2,1-2H3. The minimum absolute atomic E-state index is 0.000359. The van der Waals surface area contributed by atoms with E-state index in [4.69, 9.17) is 11.6 Å². The van der Waals surface area contributed by atoms with Gasteiger partial charge in [-0.15, -0.1) is 11.6 Å². The van der Waals surface area contributed by atoms with E-state index in [1.165, 1.54) is 6.20 Å². The Labute approximate surface area is 116 Å². The van der Waals surface area contributed by atoms with Crippen LogP contribution in [0, 0.1) is 0 Å². The molecule has 0 aliphatic carbocycles. The van der Waals surface area contributed by atoms with Crippen molar-refractivity contribution >= 4 is 11.6 Å². The third-order valence-corrected chi connectivity index (χ3v) is 3.70. The molecule has 1 aromatic rings. The monoisotopic (exact) mass is 290 g/mol. The average molecular weight is 291 g/mol. The summed E-state index contributed by atoms with van der Waals surface area (Å²) in [4.78, 5) is 12.5. The van der Waals surface area contributed by atoms with Crippen LogP contribution < -0.4 is 0 Å². The summed E-state index contributed by atoms with van der Waals surface area (Å²) in [5, 5.41) is 0. The van der Waals surface area contributed by atoms with Crippen LogP contribution in [0.5, 0.6) is 0 Å². The van der Waals surface area contributed by atoms with Crippen LogP contribution in [0.4, 0.5) is 8.78 Å². The summed E-state index contributed by atoms with van der Waals surface area (Å²) in [5.74, 6) is 0.443. The fourth-order valence-corrected chi connectivity index (χ4v) is 2.38. The lowest BCUT2D eigenvalue weighted by Gasteiger charge is -2.36. The first-order valence-corrected chi connectivity index (χ1v) is 6.65. The summed E-state index contributed by atoms with van der Waals surface area (Å²) in [6, 6.07) is -0.0550. The molecule has 0 N–H and O–H groups in total. The van der Waals surface area contributed by atoms with E-state index < -0.39 is 6.43 Å². The summed E-state index contributed by atoms with van der Waals surface area (Å²) in [6.07, 6.45) is -1.21. The molecule has 1 saturated heterocycles. The molecule has 7 heteroatoms.